The molecule has 2 rings (SSSR count). The van der Waals surface area contributed by atoms with Crippen LogP contribution in [-0.2, 0) is 23.8 Å². The molecule has 13 nitrogen and oxygen atoms in total. The summed E-state index contributed by atoms with van der Waals surface area (Å²) in [6.45, 7) is 0.234. The zero-order valence-corrected chi connectivity index (χ0v) is 20.7. The number of aliphatic carboxylic acids is 1. The predicted octanol–water partition coefficient (Wildman–Crippen LogP) is -8.37. The van der Waals surface area contributed by atoms with Crippen LogP contribution in [0.1, 0.15) is 13.3 Å². The molecule has 2 saturated heterocycles. The fourth-order valence-corrected chi connectivity index (χ4v) is 4.83. The smallest absolute Gasteiger partial charge is 0.546 e. The molecule has 0 aromatic heterocycles. The number of aliphatic hydroxyl groups is 6. The van der Waals surface area contributed by atoms with Crippen LogP contribution in [0, 0.1) is 0 Å². The molecule has 1 amide bonds. The van der Waals surface area contributed by atoms with Crippen molar-refractivity contribution >= 4 is 23.6 Å². The van der Waals surface area contributed by atoms with Crippen molar-refractivity contribution in [2.24, 2.45) is 0 Å². The van der Waals surface area contributed by atoms with Gasteiger partial charge in [-0.05, 0) is 0 Å². The number of nitrogens with one attached hydrogen (secondary N) is 1. The molecule has 0 radical (unpaired) electrons. The number of hydrogen-bond acceptors (Lipinski definition) is 13. The molecule has 0 saturated carbocycles. The van der Waals surface area contributed by atoms with Crippen LogP contribution in [-0.4, -0.2) is 122 Å². The molecule has 2 fully saturated rings. The molecule has 0 aromatic rings. The summed E-state index contributed by atoms with van der Waals surface area (Å²) in [5.74, 6) is -2.63. The molecular formula is C17H28NNaO12S. The Labute approximate surface area is 210 Å². The van der Waals surface area contributed by atoms with Gasteiger partial charge in [-0.2, -0.15) is 0 Å². The number of methoxy groups -OCH3 is 1. The van der Waals surface area contributed by atoms with Gasteiger partial charge in [0.05, 0.1) is 30.8 Å². The summed E-state index contributed by atoms with van der Waals surface area (Å²) in [7, 11) is 1.25. The van der Waals surface area contributed by atoms with Crippen molar-refractivity contribution in [1.82, 2.24) is 5.32 Å². The molecule has 32 heavy (non-hydrogen) atoms. The van der Waals surface area contributed by atoms with E-state index >= 15 is 0 Å². The molecule has 4 unspecified atom stereocenters. The van der Waals surface area contributed by atoms with Crippen LogP contribution in [0.4, 0.5) is 0 Å². The van der Waals surface area contributed by atoms with E-state index in [1.807, 2.05) is 0 Å². The maximum absolute atomic E-state index is 12.0. The van der Waals surface area contributed by atoms with E-state index in [2.05, 4.69) is 5.32 Å². The van der Waals surface area contributed by atoms with Crippen molar-refractivity contribution in [3.63, 3.8) is 0 Å². The summed E-state index contributed by atoms with van der Waals surface area (Å²) in [6.07, 6.45) is -12.3. The number of carboxylic acid groups (broad SMARTS) is 1. The Morgan fingerprint density at radius 2 is 1.91 bits per heavy atom. The number of ether oxygens (including phenoxy) is 3. The summed E-state index contributed by atoms with van der Waals surface area (Å²) in [6, 6.07) is -1.30. The minimum absolute atomic E-state index is 0. The standard InChI is InChI=1S/C17H29NO12S.Na/c1-6(20)18-10-7(21)3-17(16(26)27,30-14(10)11(23)8(22)4-19)31-5-9-12(24)13(25)15(28-2)29-9;/h7-15,19,21-25H,3-5H2,1-2H3,(H,18,20)(H,26,27);/q;+1/p-1/t7?,8-,9-,10?,11+,12-,13+,14?,15+,17?;/m1./s1. The molecule has 15 heteroatoms. The summed E-state index contributed by atoms with van der Waals surface area (Å²) < 4.78 is 15.8. The number of amides is 1. The fourth-order valence-electron chi connectivity index (χ4n) is 3.53. The van der Waals surface area contributed by atoms with E-state index in [1.165, 1.54) is 7.11 Å². The summed E-state index contributed by atoms with van der Waals surface area (Å²) in [4.78, 5) is 21.2. The molecule has 0 aromatic carbocycles. The molecule has 0 spiro atoms. The minimum atomic E-state index is -2.27. The average molecular weight is 493 g/mol. The van der Waals surface area contributed by atoms with E-state index in [0.29, 0.717) is 11.8 Å². The van der Waals surface area contributed by atoms with Crippen LogP contribution in [0.25, 0.3) is 0 Å². The minimum Gasteiger partial charge on any atom is -0.546 e. The molecule has 0 bridgehead atoms. The number of hydrogen-bond donors (Lipinski definition) is 7. The van der Waals surface area contributed by atoms with Gasteiger partial charge in [0.1, 0.15) is 30.5 Å². The van der Waals surface area contributed by atoms with Gasteiger partial charge in [0.15, 0.2) is 11.2 Å². The molecule has 180 valence electrons. The number of carbonyl (C=O) groups is 2. The van der Waals surface area contributed by atoms with Gasteiger partial charge in [-0.25, -0.2) is 0 Å². The Bertz CT molecular complexity index is 647. The number of carboxylic acids is 1. The van der Waals surface area contributed by atoms with Crippen LogP contribution in [0.15, 0.2) is 0 Å². The fraction of sp³-hybridized carbons (Fsp3) is 0.882. The molecule has 10 atom stereocenters. The third-order valence-electron chi connectivity index (χ3n) is 5.20. The van der Waals surface area contributed by atoms with E-state index in [0.717, 1.165) is 6.92 Å². The van der Waals surface area contributed by atoms with Crippen molar-refractivity contribution < 1.29 is 89.1 Å². The maximum atomic E-state index is 12.0. The van der Waals surface area contributed by atoms with Gasteiger partial charge in [-0.3, -0.25) is 4.79 Å². The first-order valence-electron chi connectivity index (χ1n) is 9.47. The second-order valence-corrected chi connectivity index (χ2v) is 8.71. The Kier molecular flexibility index (Phi) is 11.8. The van der Waals surface area contributed by atoms with Gasteiger partial charge in [0.25, 0.3) is 0 Å². The molecular weight excluding hydrogens is 465 g/mol. The maximum Gasteiger partial charge on any atom is 1.00 e. The number of aliphatic hydroxyl groups excluding tert-OH is 6. The largest absolute Gasteiger partial charge is 1.00 e. The van der Waals surface area contributed by atoms with Crippen molar-refractivity contribution in [2.45, 2.75) is 73.3 Å². The number of thioether (sulfide) groups is 1. The Morgan fingerprint density at radius 1 is 1.28 bits per heavy atom. The monoisotopic (exact) mass is 493 g/mol. The van der Waals surface area contributed by atoms with E-state index in [1.54, 1.807) is 0 Å². The van der Waals surface area contributed by atoms with Gasteiger partial charge in [-0.1, -0.05) is 0 Å². The van der Waals surface area contributed by atoms with Gasteiger partial charge >= 0.3 is 29.6 Å². The first-order valence-corrected chi connectivity index (χ1v) is 10.5. The normalized spacial score (nSPS) is 39.1. The molecule has 2 heterocycles. The van der Waals surface area contributed by atoms with Gasteiger partial charge in [-0.15, -0.1) is 11.8 Å². The molecule has 0 aliphatic carbocycles. The second-order valence-electron chi connectivity index (χ2n) is 7.43. The first kappa shape index (κ1) is 30.0. The third-order valence-corrected chi connectivity index (χ3v) is 6.59. The van der Waals surface area contributed by atoms with Crippen molar-refractivity contribution in [3.8, 4) is 0 Å². The molecule has 2 aliphatic heterocycles. The van der Waals surface area contributed by atoms with Crippen LogP contribution >= 0.6 is 11.8 Å². The molecule has 7 N–H and O–H groups in total. The SMILES string of the molecule is CO[C@H]1O[C@H](CSC2(C(=O)[O-])CC(O)C(NC(C)=O)C([C@@H](O)[C@H](O)CO)O2)[C@@H](O)[C@@H]1O.[Na+]. The van der Waals surface area contributed by atoms with Crippen LogP contribution in [0.3, 0.4) is 0 Å². The average Bonchev–Trinajstić information content (AvgIpc) is 3.00. The summed E-state index contributed by atoms with van der Waals surface area (Å²) in [5.41, 5.74) is 0. The van der Waals surface area contributed by atoms with Crippen molar-refractivity contribution in [1.29, 1.82) is 0 Å². The quantitative estimate of drug-likeness (QED) is 0.149. The first-order chi connectivity index (χ1) is 14.5. The third kappa shape index (κ3) is 6.53. The topological polar surface area (TPSA) is 218 Å². The summed E-state index contributed by atoms with van der Waals surface area (Å²) in [5, 5.41) is 74.1. The van der Waals surface area contributed by atoms with Crippen LogP contribution < -0.4 is 40.0 Å². The van der Waals surface area contributed by atoms with Crippen LogP contribution in [0.5, 0.6) is 0 Å². The van der Waals surface area contributed by atoms with E-state index < -0.39 is 84.9 Å². The van der Waals surface area contributed by atoms with Gasteiger partial charge < -0.3 is 60.1 Å². The van der Waals surface area contributed by atoms with E-state index in [9.17, 15) is 40.2 Å². The van der Waals surface area contributed by atoms with Crippen LogP contribution in [0.2, 0.25) is 0 Å². The van der Waals surface area contributed by atoms with Gasteiger partial charge in [0, 0.05) is 26.2 Å². The Hall–Kier alpha value is -0.0700. The Morgan fingerprint density at radius 3 is 2.38 bits per heavy atom. The second kappa shape index (κ2) is 12.6. The number of rotatable bonds is 9. The molecule has 2 aliphatic rings. The number of carbonyl (C=O) groups excluding carboxylic acids is 2. The summed E-state index contributed by atoms with van der Waals surface area (Å²) >= 11 is 0.570. The van der Waals surface area contributed by atoms with Gasteiger partial charge in [0.2, 0.25) is 5.91 Å². The zero-order chi connectivity index (χ0) is 23.5. The van der Waals surface area contributed by atoms with Crippen molar-refractivity contribution in [3.05, 3.63) is 0 Å². The zero-order valence-electron chi connectivity index (χ0n) is 17.9. The van der Waals surface area contributed by atoms with E-state index in [4.69, 9.17) is 19.3 Å². The predicted molar refractivity (Wildman–Crippen MR) is 100 cm³/mol. The van der Waals surface area contributed by atoms with Crippen molar-refractivity contribution in [2.75, 3.05) is 19.5 Å². The van der Waals surface area contributed by atoms with E-state index in [-0.39, 0.29) is 35.3 Å². The Balaban J connectivity index is 0.00000512.